The Hall–Kier alpha value is -3.04. The number of esters is 2. The van der Waals surface area contributed by atoms with Crippen LogP contribution in [0.1, 0.15) is 144 Å². The van der Waals surface area contributed by atoms with Crippen LogP contribution in [0.3, 0.4) is 0 Å². The molecule has 8 aliphatic rings. The Morgan fingerprint density at radius 3 is 1.02 bits per heavy atom. The SMILES string of the molecule is C=C(C)C(=O)OC12CC3(C)CC(C)(CC(OC(=O)NCCCCCCNC(=O)OC45CC6(C)CC(C)(C4)CC(OC(=O)C(=C)C)(C6)C5)(C3)C1)C2. The van der Waals surface area contributed by atoms with Gasteiger partial charge in [0.15, 0.2) is 0 Å². The zero-order valence-corrected chi connectivity index (χ0v) is 31.4. The molecule has 10 nitrogen and oxygen atoms in total. The number of unbranched alkanes of at least 4 members (excludes halogenated alkanes) is 3. The third kappa shape index (κ3) is 7.45. The van der Waals surface area contributed by atoms with Crippen LogP contribution >= 0.6 is 0 Å². The minimum atomic E-state index is -0.640. The molecule has 50 heavy (non-hydrogen) atoms. The zero-order valence-electron chi connectivity index (χ0n) is 31.4. The van der Waals surface area contributed by atoms with E-state index in [1.54, 1.807) is 13.8 Å². The first-order valence-electron chi connectivity index (χ1n) is 18.8. The van der Waals surface area contributed by atoms with Gasteiger partial charge < -0.3 is 29.6 Å². The summed E-state index contributed by atoms with van der Waals surface area (Å²) in [4.78, 5) is 51.3. The van der Waals surface area contributed by atoms with Gasteiger partial charge in [-0.3, -0.25) is 0 Å². The molecule has 0 radical (unpaired) electrons. The lowest BCUT2D eigenvalue weighted by Crippen LogP contribution is -2.68. The maximum absolute atomic E-state index is 13.0. The number of carbonyl (C=O) groups excluding carboxylic acids is 4. The van der Waals surface area contributed by atoms with E-state index in [1.165, 1.54) is 0 Å². The largest absolute Gasteiger partial charge is 0.456 e. The topological polar surface area (TPSA) is 129 Å². The van der Waals surface area contributed by atoms with Gasteiger partial charge in [0.1, 0.15) is 22.4 Å². The van der Waals surface area contributed by atoms with Gasteiger partial charge in [-0.15, -0.1) is 0 Å². The molecule has 0 aromatic rings. The molecular formula is C40H60N2O8. The summed E-state index contributed by atoms with van der Waals surface area (Å²) in [6, 6.07) is 0. The number of nitrogens with one attached hydrogen (secondary N) is 2. The predicted molar refractivity (Wildman–Crippen MR) is 188 cm³/mol. The third-order valence-corrected chi connectivity index (χ3v) is 12.6. The highest BCUT2D eigenvalue weighted by molar-refractivity contribution is 5.87. The summed E-state index contributed by atoms with van der Waals surface area (Å²) in [6.45, 7) is 20.8. The van der Waals surface area contributed by atoms with Crippen molar-refractivity contribution in [1.82, 2.24) is 10.6 Å². The van der Waals surface area contributed by atoms with Gasteiger partial charge in [-0.05, 0) is 113 Å². The second-order valence-corrected chi connectivity index (χ2v) is 19.5. The van der Waals surface area contributed by atoms with Crippen LogP contribution in [0.5, 0.6) is 0 Å². The standard InChI is InChI=1S/C40H60N2O8/c1-27(2)29(43)47-37-17-33(5)15-34(6,18-37)22-39(21-33,25-37)49-31(45)41-13-11-9-10-12-14-42-32(46)50-40-23-35(7)16-36(8,24-40)20-38(19-35,26-40)48-30(44)28(3)4/h1,3,9-26H2,2,4-8H3,(H,41,45)(H,42,46). The molecule has 8 fully saturated rings. The Labute approximate surface area is 298 Å². The monoisotopic (exact) mass is 696 g/mol. The molecule has 4 unspecified atom stereocenters. The molecule has 0 heterocycles. The van der Waals surface area contributed by atoms with E-state index >= 15 is 0 Å². The molecule has 278 valence electrons. The highest BCUT2D eigenvalue weighted by atomic mass is 16.6. The fourth-order valence-corrected chi connectivity index (χ4v) is 13.4. The summed E-state index contributed by atoms with van der Waals surface area (Å²) in [5, 5.41) is 5.91. The molecule has 0 spiro atoms. The maximum atomic E-state index is 13.0. The molecule has 8 bridgehead atoms. The Bertz CT molecular complexity index is 1320. The molecule has 0 aromatic heterocycles. The van der Waals surface area contributed by atoms with Crippen molar-refractivity contribution in [3.05, 3.63) is 24.3 Å². The van der Waals surface area contributed by atoms with Gasteiger partial charge in [0.2, 0.25) is 0 Å². The number of hydrogen-bond donors (Lipinski definition) is 2. The molecule has 0 aromatic carbocycles. The van der Waals surface area contributed by atoms with Crippen LogP contribution < -0.4 is 10.6 Å². The van der Waals surface area contributed by atoms with Crippen molar-refractivity contribution in [1.29, 1.82) is 0 Å². The first kappa shape index (κ1) is 36.7. The Balaban J connectivity index is 0.911. The normalized spacial score (nSPS) is 41.6. The van der Waals surface area contributed by atoms with E-state index in [2.05, 4.69) is 51.5 Å². The van der Waals surface area contributed by atoms with Gasteiger partial charge in [-0.25, -0.2) is 19.2 Å². The first-order chi connectivity index (χ1) is 23.1. The third-order valence-electron chi connectivity index (χ3n) is 12.6. The summed E-state index contributed by atoms with van der Waals surface area (Å²) in [6.07, 6.45) is 12.0. The van der Waals surface area contributed by atoms with Gasteiger partial charge in [-0.1, -0.05) is 53.7 Å². The number of rotatable bonds is 13. The van der Waals surface area contributed by atoms with Gasteiger partial charge in [0, 0.05) is 37.1 Å². The van der Waals surface area contributed by atoms with Crippen molar-refractivity contribution in [2.24, 2.45) is 21.7 Å². The molecule has 2 amide bonds. The highest BCUT2D eigenvalue weighted by Gasteiger charge is 2.70. The van der Waals surface area contributed by atoms with Crippen LogP contribution in [0.4, 0.5) is 9.59 Å². The minimum Gasteiger partial charge on any atom is -0.456 e. The molecular weight excluding hydrogens is 636 g/mol. The Morgan fingerprint density at radius 2 is 0.740 bits per heavy atom. The van der Waals surface area contributed by atoms with E-state index in [0.717, 1.165) is 89.9 Å². The molecule has 8 saturated carbocycles. The number of amides is 2. The average Bonchev–Trinajstić information content (AvgIpc) is 2.89. The van der Waals surface area contributed by atoms with Crippen molar-refractivity contribution in [2.45, 2.75) is 167 Å². The van der Waals surface area contributed by atoms with E-state index in [9.17, 15) is 19.2 Å². The zero-order chi connectivity index (χ0) is 36.4. The number of hydrogen-bond acceptors (Lipinski definition) is 8. The second-order valence-electron chi connectivity index (χ2n) is 19.5. The van der Waals surface area contributed by atoms with Crippen LogP contribution in [-0.4, -0.2) is 59.6 Å². The second kappa shape index (κ2) is 12.3. The maximum Gasteiger partial charge on any atom is 0.407 e. The van der Waals surface area contributed by atoms with Crippen molar-refractivity contribution in [3.8, 4) is 0 Å². The van der Waals surface area contributed by atoms with E-state index in [4.69, 9.17) is 18.9 Å². The van der Waals surface area contributed by atoms with E-state index < -0.39 is 34.6 Å². The van der Waals surface area contributed by atoms with Gasteiger partial charge in [0.05, 0.1) is 0 Å². The Morgan fingerprint density at radius 1 is 0.460 bits per heavy atom. The van der Waals surface area contributed by atoms with Crippen molar-refractivity contribution in [2.75, 3.05) is 13.1 Å². The smallest absolute Gasteiger partial charge is 0.407 e. The predicted octanol–water partition coefficient (Wildman–Crippen LogP) is 7.98. The molecule has 4 atom stereocenters. The Kier molecular flexibility index (Phi) is 9.03. The highest BCUT2D eigenvalue weighted by Crippen LogP contribution is 2.71. The summed E-state index contributed by atoms with van der Waals surface area (Å²) in [5.74, 6) is -0.733. The quantitative estimate of drug-likeness (QED) is 0.0859. The fourth-order valence-electron chi connectivity index (χ4n) is 13.4. The summed E-state index contributed by atoms with van der Waals surface area (Å²) < 4.78 is 24.6. The van der Waals surface area contributed by atoms with Crippen LogP contribution in [0.15, 0.2) is 24.3 Å². The van der Waals surface area contributed by atoms with Crippen LogP contribution in [0.2, 0.25) is 0 Å². The molecule has 8 rings (SSSR count). The van der Waals surface area contributed by atoms with Gasteiger partial charge in [-0.2, -0.15) is 0 Å². The molecule has 10 heteroatoms. The summed E-state index contributed by atoms with van der Waals surface area (Å²) >= 11 is 0. The van der Waals surface area contributed by atoms with Crippen molar-refractivity contribution >= 4 is 24.1 Å². The fraction of sp³-hybridized carbons (Fsp3) is 0.800. The molecule has 0 aliphatic heterocycles. The van der Waals surface area contributed by atoms with Crippen LogP contribution in [-0.2, 0) is 28.5 Å². The van der Waals surface area contributed by atoms with Crippen molar-refractivity contribution in [3.63, 3.8) is 0 Å². The van der Waals surface area contributed by atoms with E-state index in [0.29, 0.717) is 37.1 Å². The lowest BCUT2D eigenvalue weighted by Gasteiger charge is -2.67. The summed E-state index contributed by atoms with van der Waals surface area (Å²) in [5.41, 5.74) is -1.94. The van der Waals surface area contributed by atoms with E-state index in [1.807, 2.05) is 0 Å². The average molecular weight is 697 g/mol. The van der Waals surface area contributed by atoms with Gasteiger partial charge in [0.25, 0.3) is 0 Å². The van der Waals surface area contributed by atoms with Crippen LogP contribution in [0, 0.1) is 21.7 Å². The molecule has 2 N–H and O–H groups in total. The minimum absolute atomic E-state index is 0.0488. The molecule has 8 aliphatic carbocycles. The lowest BCUT2D eigenvalue weighted by molar-refractivity contribution is -0.259. The number of ether oxygens (including phenoxy) is 4. The first-order valence-corrected chi connectivity index (χ1v) is 18.8. The van der Waals surface area contributed by atoms with Crippen LogP contribution in [0.25, 0.3) is 0 Å². The number of carbonyl (C=O) groups is 4. The van der Waals surface area contributed by atoms with E-state index in [-0.39, 0.29) is 33.6 Å². The molecule has 0 saturated heterocycles. The summed E-state index contributed by atoms with van der Waals surface area (Å²) in [7, 11) is 0. The lowest BCUT2D eigenvalue weighted by atomic mass is 9.42. The van der Waals surface area contributed by atoms with Gasteiger partial charge >= 0.3 is 24.1 Å². The van der Waals surface area contributed by atoms with Crippen molar-refractivity contribution < 1.29 is 38.1 Å². The number of alkyl carbamates (subject to hydrolysis) is 2.